The molecule has 0 fully saturated rings. The van der Waals surface area contributed by atoms with E-state index in [1.54, 1.807) is 12.2 Å². The van der Waals surface area contributed by atoms with Gasteiger partial charge in [0, 0.05) is 0 Å². The van der Waals surface area contributed by atoms with Gasteiger partial charge in [-0.25, -0.2) is 0 Å². The van der Waals surface area contributed by atoms with Crippen LogP contribution in [0.25, 0.3) is 12.2 Å². The average molecular weight is 174 g/mol. The van der Waals surface area contributed by atoms with E-state index < -0.39 is 7.12 Å². The average Bonchev–Trinajstić information content (AvgIpc) is 2.15. The third-order valence-electron chi connectivity index (χ3n) is 1.63. The van der Waals surface area contributed by atoms with Crippen molar-refractivity contribution in [3.05, 3.63) is 47.9 Å². The fraction of sp³-hybridized carbons (Fsp3) is 0. The number of benzene rings is 1. The van der Waals surface area contributed by atoms with E-state index in [0.717, 1.165) is 11.1 Å². The largest absolute Gasteiger partial charge is 0.480 e. The maximum absolute atomic E-state index is 8.57. The van der Waals surface area contributed by atoms with Crippen molar-refractivity contribution in [1.29, 1.82) is 0 Å². The van der Waals surface area contributed by atoms with E-state index in [1.165, 1.54) is 5.98 Å². The second-order valence-corrected chi connectivity index (χ2v) is 2.64. The minimum atomic E-state index is -1.39. The standard InChI is InChI=1S/C10H11BO2/c1-2-9-3-5-10(6-4-9)7-8-11(12)13/h2-8,12-13H,1H2. The molecule has 1 aromatic carbocycles. The van der Waals surface area contributed by atoms with Crippen LogP contribution in [0.15, 0.2) is 36.8 Å². The number of rotatable bonds is 3. The topological polar surface area (TPSA) is 40.5 Å². The Balaban J connectivity index is 2.75. The third-order valence-corrected chi connectivity index (χ3v) is 1.63. The summed E-state index contributed by atoms with van der Waals surface area (Å²) < 4.78 is 0. The molecule has 0 aliphatic rings. The van der Waals surface area contributed by atoms with Crippen LogP contribution in [0.4, 0.5) is 0 Å². The summed E-state index contributed by atoms with van der Waals surface area (Å²) in [6.07, 6.45) is 3.41. The molecule has 66 valence electrons. The van der Waals surface area contributed by atoms with Gasteiger partial charge in [-0.2, -0.15) is 0 Å². The van der Waals surface area contributed by atoms with Gasteiger partial charge in [0.1, 0.15) is 0 Å². The first-order valence-electron chi connectivity index (χ1n) is 3.99. The molecule has 0 bridgehead atoms. The highest BCUT2D eigenvalue weighted by Crippen LogP contribution is 2.06. The Morgan fingerprint density at radius 3 is 2.08 bits per heavy atom. The van der Waals surface area contributed by atoms with E-state index >= 15 is 0 Å². The molecule has 1 aromatic rings. The lowest BCUT2D eigenvalue weighted by Crippen LogP contribution is -2.05. The predicted molar refractivity (Wildman–Crippen MR) is 55.8 cm³/mol. The van der Waals surface area contributed by atoms with Crippen LogP contribution in [0.5, 0.6) is 0 Å². The molecule has 0 radical (unpaired) electrons. The van der Waals surface area contributed by atoms with Gasteiger partial charge in [0.25, 0.3) is 0 Å². The van der Waals surface area contributed by atoms with E-state index in [2.05, 4.69) is 6.58 Å². The Morgan fingerprint density at radius 2 is 1.62 bits per heavy atom. The first-order chi connectivity index (χ1) is 6.22. The Morgan fingerprint density at radius 1 is 1.08 bits per heavy atom. The van der Waals surface area contributed by atoms with Crippen molar-refractivity contribution in [2.24, 2.45) is 0 Å². The summed E-state index contributed by atoms with van der Waals surface area (Å²) in [6, 6.07) is 7.60. The molecule has 3 heteroatoms. The third kappa shape index (κ3) is 3.28. The summed E-state index contributed by atoms with van der Waals surface area (Å²) in [5, 5.41) is 17.1. The van der Waals surface area contributed by atoms with Crippen molar-refractivity contribution in [2.75, 3.05) is 0 Å². The van der Waals surface area contributed by atoms with Gasteiger partial charge >= 0.3 is 7.12 Å². The predicted octanol–water partition coefficient (Wildman–Crippen LogP) is 1.35. The van der Waals surface area contributed by atoms with Crippen molar-refractivity contribution in [3.8, 4) is 0 Å². The van der Waals surface area contributed by atoms with Crippen LogP contribution < -0.4 is 0 Å². The van der Waals surface area contributed by atoms with Gasteiger partial charge in [0.15, 0.2) is 0 Å². The van der Waals surface area contributed by atoms with Gasteiger partial charge in [-0.05, 0) is 11.1 Å². The minimum Gasteiger partial charge on any atom is -0.424 e. The van der Waals surface area contributed by atoms with Crippen molar-refractivity contribution in [1.82, 2.24) is 0 Å². The molecule has 0 aliphatic carbocycles. The summed E-state index contributed by atoms with van der Waals surface area (Å²) in [4.78, 5) is 0. The van der Waals surface area contributed by atoms with Crippen LogP contribution in [0.3, 0.4) is 0 Å². The Labute approximate surface area is 78.0 Å². The highest BCUT2D eigenvalue weighted by Gasteiger charge is 1.97. The molecule has 0 saturated heterocycles. The molecule has 2 N–H and O–H groups in total. The molecule has 0 aromatic heterocycles. The van der Waals surface area contributed by atoms with E-state index in [0.29, 0.717) is 0 Å². The lowest BCUT2D eigenvalue weighted by atomic mass is 9.91. The summed E-state index contributed by atoms with van der Waals surface area (Å²) in [5.41, 5.74) is 1.97. The molecular formula is C10H11BO2. The molecule has 0 amide bonds. The smallest absolute Gasteiger partial charge is 0.424 e. The van der Waals surface area contributed by atoms with E-state index in [1.807, 2.05) is 24.3 Å². The summed E-state index contributed by atoms with van der Waals surface area (Å²) in [5.74, 6) is 1.31. The first-order valence-corrected chi connectivity index (χ1v) is 3.99. The van der Waals surface area contributed by atoms with Gasteiger partial charge in [-0.15, -0.1) is 0 Å². The molecule has 0 saturated carbocycles. The zero-order chi connectivity index (χ0) is 9.68. The molecule has 0 aliphatic heterocycles. The Kier molecular flexibility index (Phi) is 3.49. The molecular weight excluding hydrogens is 163 g/mol. The van der Waals surface area contributed by atoms with E-state index in [4.69, 9.17) is 10.0 Å². The van der Waals surface area contributed by atoms with E-state index in [9.17, 15) is 0 Å². The molecule has 0 atom stereocenters. The summed E-state index contributed by atoms with van der Waals surface area (Å²) >= 11 is 0. The van der Waals surface area contributed by atoms with Crippen LogP contribution in [0.1, 0.15) is 11.1 Å². The van der Waals surface area contributed by atoms with Gasteiger partial charge in [0.2, 0.25) is 0 Å². The second kappa shape index (κ2) is 4.65. The van der Waals surface area contributed by atoms with Crippen LogP contribution in [-0.4, -0.2) is 17.2 Å². The van der Waals surface area contributed by atoms with Crippen molar-refractivity contribution in [2.45, 2.75) is 0 Å². The Bertz CT molecular complexity index is 301. The number of hydrogen-bond donors (Lipinski definition) is 2. The zero-order valence-corrected chi connectivity index (χ0v) is 7.22. The van der Waals surface area contributed by atoms with Crippen LogP contribution in [0.2, 0.25) is 0 Å². The lowest BCUT2D eigenvalue weighted by molar-refractivity contribution is 0.424. The van der Waals surface area contributed by atoms with Crippen molar-refractivity contribution >= 4 is 19.3 Å². The highest BCUT2D eigenvalue weighted by atomic mass is 16.4. The summed E-state index contributed by atoms with van der Waals surface area (Å²) in [6.45, 7) is 3.64. The zero-order valence-electron chi connectivity index (χ0n) is 7.22. The fourth-order valence-corrected chi connectivity index (χ4v) is 0.940. The van der Waals surface area contributed by atoms with Gasteiger partial charge < -0.3 is 10.0 Å². The monoisotopic (exact) mass is 174 g/mol. The SMILES string of the molecule is C=Cc1ccc(C=CB(O)O)cc1. The van der Waals surface area contributed by atoms with Crippen LogP contribution in [-0.2, 0) is 0 Å². The van der Waals surface area contributed by atoms with Crippen LogP contribution >= 0.6 is 0 Å². The van der Waals surface area contributed by atoms with Gasteiger partial charge in [0.05, 0.1) is 0 Å². The van der Waals surface area contributed by atoms with Crippen molar-refractivity contribution in [3.63, 3.8) is 0 Å². The van der Waals surface area contributed by atoms with Gasteiger partial charge in [-0.1, -0.05) is 49.0 Å². The lowest BCUT2D eigenvalue weighted by Gasteiger charge is -1.94. The minimum absolute atomic E-state index is 0.929. The molecule has 13 heavy (non-hydrogen) atoms. The highest BCUT2D eigenvalue weighted by molar-refractivity contribution is 6.48. The quantitative estimate of drug-likeness (QED) is 0.679. The number of hydrogen-bond acceptors (Lipinski definition) is 2. The second-order valence-electron chi connectivity index (χ2n) is 2.64. The summed E-state index contributed by atoms with van der Waals surface area (Å²) in [7, 11) is -1.39. The maximum atomic E-state index is 8.57. The molecule has 1 rings (SSSR count). The fourth-order valence-electron chi connectivity index (χ4n) is 0.940. The van der Waals surface area contributed by atoms with E-state index in [-0.39, 0.29) is 0 Å². The normalized spacial score (nSPS) is 10.3. The first kappa shape index (κ1) is 9.77. The maximum Gasteiger partial charge on any atom is 0.480 e. The molecule has 0 unspecified atom stereocenters. The molecule has 0 spiro atoms. The molecule has 2 nitrogen and oxygen atoms in total. The van der Waals surface area contributed by atoms with Crippen LogP contribution in [0, 0.1) is 0 Å². The Hall–Kier alpha value is -1.32. The molecule has 0 heterocycles. The van der Waals surface area contributed by atoms with Gasteiger partial charge in [-0.3, -0.25) is 0 Å². The van der Waals surface area contributed by atoms with Crippen molar-refractivity contribution < 1.29 is 10.0 Å².